The Bertz CT molecular complexity index is 780. The first-order chi connectivity index (χ1) is 11.8. The molecule has 1 aromatic carbocycles. The number of allylic oxidation sites excluding steroid dienone is 1. The third kappa shape index (κ3) is 2.56. The van der Waals surface area contributed by atoms with Gasteiger partial charge in [0.1, 0.15) is 0 Å². The maximum absolute atomic E-state index is 12.4. The molecule has 3 heterocycles. The zero-order valence-electron chi connectivity index (χ0n) is 14.1. The van der Waals surface area contributed by atoms with E-state index < -0.39 is 0 Å². The molecule has 2 fully saturated rings. The smallest absolute Gasteiger partial charge is 0.246 e. The summed E-state index contributed by atoms with van der Waals surface area (Å²) in [6.45, 7) is 3.88. The molecular formula is C20H23N3O. The van der Waals surface area contributed by atoms with Crippen molar-refractivity contribution in [3.8, 4) is 0 Å². The van der Waals surface area contributed by atoms with Gasteiger partial charge in [-0.25, -0.2) is 0 Å². The Morgan fingerprint density at radius 2 is 2.12 bits per heavy atom. The summed E-state index contributed by atoms with van der Waals surface area (Å²) in [6, 6.07) is 11.1. The number of hydrogen-bond acceptors (Lipinski definition) is 3. The summed E-state index contributed by atoms with van der Waals surface area (Å²) < 4.78 is 0. The lowest BCUT2D eigenvalue weighted by atomic mass is 10.1. The number of nitrogens with zero attached hydrogens (tertiary/aromatic N) is 3. The van der Waals surface area contributed by atoms with Crippen molar-refractivity contribution in [1.82, 2.24) is 9.88 Å². The van der Waals surface area contributed by atoms with Gasteiger partial charge in [0.25, 0.3) is 0 Å². The van der Waals surface area contributed by atoms with Crippen LogP contribution >= 0.6 is 0 Å². The number of amides is 1. The van der Waals surface area contributed by atoms with E-state index in [0.717, 1.165) is 37.9 Å². The van der Waals surface area contributed by atoms with Crippen molar-refractivity contribution < 1.29 is 4.79 Å². The van der Waals surface area contributed by atoms with Crippen LogP contribution in [0.15, 0.2) is 48.7 Å². The average molecular weight is 321 g/mol. The van der Waals surface area contributed by atoms with Crippen LogP contribution in [-0.4, -0.2) is 41.0 Å². The number of aromatic nitrogens is 1. The third-order valence-corrected chi connectivity index (χ3v) is 5.17. The van der Waals surface area contributed by atoms with Gasteiger partial charge in [-0.05, 0) is 31.1 Å². The van der Waals surface area contributed by atoms with Crippen LogP contribution in [0.25, 0.3) is 10.9 Å². The van der Waals surface area contributed by atoms with Gasteiger partial charge in [0.05, 0.1) is 11.6 Å². The molecule has 2 atom stereocenters. The number of carbonyl (C=O) groups excluding carboxylic acids is 1. The highest BCUT2D eigenvalue weighted by molar-refractivity contribution is 5.92. The van der Waals surface area contributed by atoms with E-state index in [-0.39, 0.29) is 5.91 Å². The molecule has 1 aromatic heterocycles. The van der Waals surface area contributed by atoms with E-state index in [1.807, 2.05) is 18.3 Å². The minimum absolute atomic E-state index is 0.176. The van der Waals surface area contributed by atoms with Crippen molar-refractivity contribution in [1.29, 1.82) is 0 Å². The molecule has 0 radical (unpaired) electrons. The number of pyridine rings is 1. The molecule has 2 aliphatic rings. The van der Waals surface area contributed by atoms with Crippen molar-refractivity contribution in [2.45, 2.75) is 38.3 Å². The number of para-hydroxylation sites is 1. The Morgan fingerprint density at radius 3 is 2.92 bits per heavy atom. The van der Waals surface area contributed by atoms with Gasteiger partial charge in [-0.2, -0.15) is 0 Å². The van der Waals surface area contributed by atoms with E-state index in [1.165, 1.54) is 11.1 Å². The van der Waals surface area contributed by atoms with Crippen molar-refractivity contribution >= 4 is 22.5 Å². The topological polar surface area (TPSA) is 36.4 Å². The minimum atomic E-state index is 0.176. The zero-order valence-corrected chi connectivity index (χ0v) is 14.1. The van der Waals surface area contributed by atoms with E-state index in [2.05, 4.69) is 46.0 Å². The minimum Gasteiger partial charge on any atom is -0.364 e. The molecule has 1 amide bonds. The summed E-state index contributed by atoms with van der Waals surface area (Å²) in [5.41, 5.74) is 2.29. The molecule has 0 saturated carbocycles. The van der Waals surface area contributed by atoms with Gasteiger partial charge in [0, 0.05) is 36.4 Å². The molecule has 0 spiro atoms. The number of piperazine rings is 1. The monoisotopic (exact) mass is 321 g/mol. The summed E-state index contributed by atoms with van der Waals surface area (Å²) >= 11 is 0. The van der Waals surface area contributed by atoms with Crippen molar-refractivity contribution in [2.75, 3.05) is 18.0 Å². The zero-order chi connectivity index (χ0) is 16.5. The molecule has 4 heteroatoms. The van der Waals surface area contributed by atoms with E-state index in [4.69, 9.17) is 0 Å². The molecule has 2 aliphatic heterocycles. The van der Waals surface area contributed by atoms with Crippen LogP contribution in [0.2, 0.25) is 0 Å². The van der Waals surface area contributed by atoms with Crippen LogP contribution in [0.3, 0.4) is 0 Å². The van der Waals surface area contributed by atoms with Gasteiger partial charge in [-0.3, -0.25) is 9.78 Å². The van der Waals surface area contributed by atoms with Gasteiger partial charge in [-0.1, -0.05) is 37.6 Å². The normalized spacial score (nSPS) is 22.9. The standard InChI is InChI=1S/C20H23N3O/c1-2-3-4-9-20(24)23-14-15-12-16(23)13-22(15)19-10-11-21-18-8-6-5-7-17(18)19/h4-11,15-16H,2-3,12-14H2,1H3/b9-4+/t15-,16-/m0/s1. The second kappa shape index (κ2) is 6.27. The summed E-state index contributed by atoms with van der Waals surface area (Å²) in [4.78, 5) is 21.4. The first-order valence-electron chi connectivity index (χ1n) is 8.85. The predicted molar refractivity (Wildman–Crippen MR) is 97.0 cm³/mol. The number of anilines is 1. The number of hydrogen-bond donors (Lipinski definition) is 0. The van der Waals surface area contributed by atoms with E-state index in [9.17, 15) is 4.79 Å². The molecule has 0 N–H and O–H groups in total. The molecule has 0 unspecified atom stereocenters. The Balaban J connectivity index is 1.53. The molecule has 24 heavy (non-hydrogen) atoms. The predicted octanol–water partition coefficient (Wildman–Crippen LogP) is 3.38. The molecule has 124 valence electrons. The second-order valence-corrected chi connectivity index (χ2v) is 6.72. The number of unbranched alkanes of at least 4 members (excludes halogenated alkanes) is 1. The first kappa shape index (κ1) is 15.2. The fourth-order valence-electron chi connectivity index (χ4n) is 4.01. The van der Waals surface area contributed by atoms with Gasteiger partial charge < -0.3 is 9.80 Å². The van der Waals surface area contributed by atoms with Crippen molar-refractivity contribution in [3.05, 3.63) is 48.7 Å². The Kier molecular flexibility index (Phi) is 3.97. The average Bonchev–Trinajstić information content (AvgIpc) is 3.22. The molecular weight excluding hydrogens is 298 g/mol. The molecule has 0 aliphatic carbocycles. The van der Waals surface area contributed by atoms with Crippen molar-refractivity contribution in [2.24, 2.45) is 0 Å². The number of benzene rings is 1. The Labute approximate surface area is 142 Å². The molecule has 4 rings (SSSR count). The maximum Gasteiger partial charge on any atom is 0.246 e. The van der Waals surface area contributed by atoms with Crippen LogP contribution in [0.5, 0.6) is 0 Å². The van der Waals surface area contributed by atoms with Crippen molar-refractivity contribution in [3.63, 3.8) is 0 Å². The summed E-state index contributed by atoms with van der Waals surface area (Å²) in [5, 5.41) is 1.20. The fraction of sp³-hybridized carbons (Fsp3) is 0.400. The highest BCUT2D eigenvalue weighted by atomic mass is 16.2. The maximum atomic E-state index is 12.4. The van der Waals surface area contributed by atoms with Gasteiger partial charge in [0.2, 0.25) is 5.91 Å². The van der Waals surface area contributed by atoms with Gasteiger partial charge in [0.15, 0.2) is 0 Å². The van der Waals surface area contributed by atoms with Crippen LogP contribution in [0.4, 0.5) is 5.69 Å². The highest BCUT2D eigenvalue weighted by Gasteiger charge is 2.45. The summed E-state index contributed by atoms with van der Waals surface area (Å²) in [7, 11) is 0. The number of likely N-dealkylation sites (tertiary alicyclic amines) is 1. The largest absolute Gasteiger partial charge is 0.364 e. The summed E-state index contributed by atoms with van der Waals surface area (Å²) in [5.74, 6) is 0.176. The summed E-state index contributed by atoms with van der Waals surface area (Å²) in [6.07, 6.45) is 8.78. The highest BCUT2D eigenvalue weighted by Crippen LogP contribution is 2.37. The van der Waals surface area contributed by atoms with E-state index in [1.54, 1.807) is 6.08 Å². The molecule has 2 bridgehead atoms. The van der Waals surface area contributed by atoms with E-state index in [0.29, 0.717) is 12.1 Å². The Morgan fingerprint density at radius 1 is 1.25 bits per heavy atom. The first-order valence-corrected chi connectivity index (χ1v) is 8.85. The van der Waals surface area contributed by atoms with Crippen LogP contribution < -0.4 is 4.90 Å². The molecule has 2 aromatic rings. The quantitative estimate of drug-likeness (QED) is 0.810. The van der Waals surface area contributed by atoms with Gasteiger partial charge >= 0.3 is 0 Å². The molecule has 4 nitrogen and oxygen atoms in total. The number of rotatable bonds is 4. The van der Waals surface area contributed by atoms with Crippen LogP contribution in [-0.2, 0) is 4.79 Å². The van der Waals surface area contributed by atoms with Crippen LogP contribution in [0, 0.1) is 0 Å². The Hall–Kier alpha value is -2.36. The lowest BCUT2D eigenvalue weighted by Crippen LogP contribution is -2.48. The lowest BCUT2D eigenvalue weighted by Gasteiger charge is -2.35. The SMILES string of the molecule is CCC/C=C/C(=O)N1C[C@@H]2C[C@H]1CN2c1ccnc2ccccc12. The van der Waals surface area contributed by atoms with Gasteiger partial charge in [-0.15, -0.1) is 0 Å². The molecule has 2 saturated heterocycles. The third-order valence-electron chi connectivity index (χ3n) is 5.17. The number of carbonyl (C=O) groups is 1. The van der Waals surface area contributed by atoms with E-state index >= 15 is 0 Å². The lowest BCUT2D eigenvalue weighted by molar-refractivity contribution is -0.127. The number of fused-ring (bicyclic) bond motifs is 3. The fourth-order valence-corrected chi connectivity index (χ4v) is 4.01. The van der Waals surface area contributed by atoms with Crippen LogP contribution in [0.1, 0.15) is 26.2 Å². The second-order valence-electron chi connectivity index (χ2n) is 6.72.